The van der Waals surface area contributed by atoms with Gasteiger partial charge in [0.15, 0.2) is 5.69 Å². The number of para-hydroxylation sites is 1. The van der Waals surface area contributed by atoms with Crippen molar-refractivity contribution < 1.29 is 9.53 Å². The summed E-state index contributed by atoms with van der Waals surface area (Å²) >= 11 is 0. The number of nitrogens with zero attached hydrogens (tertiary/aromatic N) is 3. The predicted molar refractivity (Wildman–Crippen MR) is 90.1 cm³/mol. The van der Waals surface area contributed by atoms with Gasteiger partial charge in [-0.1, -0.05) is 18.2 Å². The van der Waals surface area contributed by atoms with Gasteiger partial charge in [-0.2, -0.15) is 5.10 Å². The molecule has 24 heavy (non-hydrogen) atoms. The second-order valence-corrected chi connectivity index (χ2v) is 5.09. The molecule has 2 heterocycles. The first-order valence-electron chi connectivity index (χ1n) is 7.73. The van der Waals surface area contributed by atoms with Crippen LogP contribution in [0.3, 0.4) is 0 Å². The van der Waals surface area contributed by atoms with E-state index >= 15 is 0 Å². The van der Waals surface area contributed by atoms with Gasteiger partial charge in [-0.3, -0.25) is 9.78 Å². The van der Waals surface area contributed by atoms with Gasteiger partial charge in [0.25, 0.3) is 5.91 Å². The minimum absolute atomic E-state index is 0.248. The van der Waals surface area contributed by atoms with Gasteiger partial charge in [0.05, 0.1) is 12.3 Å². The van der Waals surface area contributed by atoms with Gasteiger partial charge in [-0.25, -0.2) is 4.68 Å². The number of carbonyl (C=O) groups excluding carboxylic acids is 1. The maximum Gasteiger partial charge on any atom is 0.272 e. The highest BCUT2D eigenvalue weighted by Crippen LogP contribution is 2.19. The predicted octanol–water partition coefficient (Wildman–Crippen LogP) is 2.60. The maximum absolute atomic E-state index is 12.4. The fraction of sp³-hybridized carbons (Fsp3) is 0.167. The van der Waals surface area contributed by atoms with E-state index < -0.39 is 0 Å². The van der Waals surface area contributed by atoms with Gasteiger partial charge in [-0.05, 0) is 36.8 Å². The molecule has 0 saturated heterocycles. The van der Waals surface area contributed by atoms with E-state index in [1.54, 1.807) is 23.1 Å². The van der Waals surface area contributed by atoms with Crippen molar-refractivity contribution in [2.75, 3.05) is 6.61 Å². The Kier molecular flexibility index (Phi) is 4.86. The standard InChI is InChI=1S/C18H18N4O2/c1-2-24-17-12-16(21-22(17)15-6-4-3-5-7-15)18(23)20-13-14-8-10-19-11-9-14/h3-12H,2,13H2,1H3,(H,20,23). The lowest BCUT2D eigenvalue weighted by molar-refractivity contribution is 0.0945. The van der Waals surface area contributed by atoms with Crippen molar-refractivity contribution in [2.24, 2.45) is 0 Å². The average Bonchev–Trinajstić information content (AvgIpc) is 3.06. The summed E-state index contributed by atoms with van der Waals surface area (Å²) in [6, 6.07) is 14.9. The summed E-state index contributed by atoms with van der Waals surface area (Å²) in [7, 11) is 0. The highest BCUT2D eigenvalue weighted by atomic mass is 16.5. The number of carbonyl (C=O) groups is 1. The number of nitrogens with one attached hydrogen (secondary N) is 1. The Hall–Kier alpha value is -3.15. The molecule has 3 rings (SSSR count). The molecule has 0 saturated carbocycles. The first kappa shape index (κ1) is 15.7. The number of amides is 1. The van der Waals surface area contributed by atoms with Crippen LogP contribution < -0.4 is 10.1 Å². The van der Waals surface area contributed by atoms with Crippen LogP contribution in [0.5, 0.6) is 5.88 Å². The minimum Gasteiger partial charge on any atom is -0.478 e. The molecule has 0 radical (unpaired) electrons. The molecule has 0 spiro atoms. The molecule has 0 atom stereocenters. The normalized spacial score (nSPS) is 10.4. The lowest BCUT2D eigenvalue weighted by atomic mass is 10.2. The van der Waals surface area contributed by atoms with Gasteiger partial charge in [0.1, 0.15) is 0 Å². The number of hydrogen-bond acceptors (Lipinski definition) is 4. The van der Waals surface area contributed by atoms with Crippen LogP contribution in [0.2, 0.25) is 0 Å². The van der Waals surface area contributed by atoms with Crippen molar-refractivity contribution in [2.45, 2.75) is 13.5 Å². The Morgan fingerprint density at radius 2 is 1.92 bits per heavy atom. The summed E-state index contributed by atoms with van der Waals surface area (Å²) in [5.41, 5.74) is 2.14. The lowest BCUT2D eigenvalue weighted by Crippen LogP contribution is -2.23. The van der Waals surface area contributed by atoms with E-state index in [1.807, 2.05) is 49.4 Å². The molecule has 122 valence electrons. The smallest absolute Gasteiger partial charge is 0.272 e. The molecule has 6 heteroatoms. The molecule has 1 amide bonds. The third-order valence-corrected chi connectivity index (χ3v) is 3.40. The molecule has 0 aliphatic rings. The lowest BCUT2D eigenvalue weighted by Gasteiger charge is -2.06. The monoisotopic (exact) mass is 322 g/mol. The van der Waals surface area contributed by atoms with E-state index in [-0.39, 0.29) is 5.91 Å². The van der Waals surface area contributed by atoms with E-state index in [1.165, 1.54) is 0 Å². The molecule has 1 N–H and O–H groups in total. The van der Waals surface area contributed by atoms with E-state index in [0.29, 0.717) is 24.7 Å². The van der Waals surface area contributed by atoms with Crippen molar-refractivity contribution in [3.05, 3.63) is 72.2 Å². The first-order valence-corrected chi connectivity index (χ1v) is 7.73. The van der Waals surface area contributed by atoms with E-state index in [2.05, 4.69) is 15.4 Å². The Labute approximate surface area is 140 Å². The molecular weight excluding hydrogens is 304 g/mol. The molecule has 0 unspecified atom stereocenters. The van der Waals surface area contributed by atoms with Gasteiger partial charge in [-0.15, -0.1) is 0 Å². The number of rotatable bonds is 6. The molecule has 0 bridgehead atoms. The SMILES string of the molecule is CCOc1cc(C(=O)NCc2ccncc2)nn1-c1ccccc1. The van der Waals surface area contributed by atoms with Crippen molar-refractivity contribution in [3.63, 3.8) is 0 Å². The quantitative estimate of drug-likeness (QED) is 0.757. The van der Waals surface area contributed by atoms with E-state index in [4.69, 9.17) is 4.74 Å². The van der Waals surface area contributed by atoms with Gasteiger partial charge in [0, 0.05) is 25.0 Å². The zero-order valence-corrected chi connectivity index (χ0v) is 13.3. The molecule has 0 aliphatic heterocycles. The van der Waals surface area contributed by atoms with Crippen molar-refractivity contribution >= 4 is 5.91 Å². The van der Waals surface area contributed by atoms with Crippen LogP contribution in [-0.4, -0.2) is 27.3 Å². The average molecular weight is 322 g/mol. The molecular formula is C18H18N4O2. The third-order valence-electron chi connectivity index (χ3n) is 3.40. The summed E-state index contributed by atoms with van der Waals surface area (Å²) < 4.78 is 7.23. The summed E-state index contributed by atoms with van der Waals surface area (Å²) in [4.78, 5) is 16.3. The van der Waals surface area contributed by atoms with Gasteiger partial charge in [0.2, 0.25) is 5.88 Å². The summed E-state index contributed by atoms with van der Waals surface area (Å²) in [5, 5.41) is 7.23. The largest absolute Gasteiger partial charge is 0.478 e. The van der Waals surface area contributed by atoms with Crippen LogP contribution in [0.25, 0.3) is 5.69 Å². The number of pyridine rings is 1. The second kappa shape index (κ2) is 7.41. The van der Waals surface area contributed by atoms with E-state index in [0.717, 1.165) is 11.3 Å². The number of benzene rings is 1. The fourth-order valence-corrected chi connectivity index (χ4v) is 2.25. The molecule has 2 aromatic heterocycles. The van der Waals surface area contributed by atoms with Crippen molar-refractivity contribution in [1.82, 2.24) is 20.1 Å². The third kappa shape index (κ3) is 3.60. The Morgan fingerprint density at radius 1 is 1.17 bits per heavy atom. The zero-order chi connectivity index (χ0) is 16.8. The highest BCUT2D eigenvalue weighted by Gasteiger charge is 2.16. The van der Waals surface area contributed by atoms with Crippen molar-refractivity contribution in [1.29, 1.82) is 0 Å². The Balaban J connectivity index is 1.79. The van der Waals surface area contributed by atoms with Crippen LogP contribution in [0.4, 0.5) is 0 Å². The summed E-state index contributed by atoms with van der Waals surface area (Å²) in [6.07, 6.45) is 3.39. The van der Waals surface area contributed by atoms with Crippen LogP contribution in [0.1, 0.15) is 23.0 Å². The van der Waals surface area contributed by atoms with Gasteiger partial charge < -0.3 is 10.1 Å². The molecule has 0 fully saturated rings. The number of hydrogen-bond donors (Lipinski definition) is 1. The molecule has 3 aromatic rings. The number of ether oxygens (including phenoxy) is 1. The fourth-order valence-electron chi connectivity index (χ4n) is 2.25. The van der Waals surface area contributed by atoms with Gasteiger partial charge >= 0.3 is 0 Å². The maximum atomic E-state index is 12.4. The molecule has 1 aromatic carbocycles. The minimum atomic E-state index is -0.248. The Bertz CT molecular complexity index is 800. The molecule has 6 nitrogen and oxygen atoms in total. The summed E-state index contributed by atoms with van der Waals surface area (Å²) in [5.74, 6) is 0.292. The number of aromatic nitrogens is 3. The summed E-state index contributed by atoms with van der Waals surface area (Å²) in [6.45, 7) is 2.81. The molecule has 0 aliphatic carbocycles. The van der Waals surface area contributed by atoms with E-state index in [9.17, 15) is 4.79 Å². The van der Waals surface area contributed by atoms with Crippen LogP contribution in [0, 0.1) is 0 Å². The zero-order valence-electron chi connectivity index (χ0n) is 13.3. The van der Waals surface area contributed by atoms with Crippen LogP contribution in [-0.2, 0) is 6.54 Å². The van der Waals surface area contributed by atoms with Crippen LogP contribution >= 0.6 is 0 Å². The first-order chi connectivity index (χ1) is 11.8. The second-order valence-electron chi connectivity index (χ2n) is 5.09. The van der Waals surface area contributed by atoms with Crippen LogP contribution in [0.15, 0.2) is 60.9 Å². The Morgan fingerprint density at radius 3 is 2.62 bits per heavy atom. The topological polar surface area (TPSA) is 69.0 Å². The van der Waals surface area contributed by atoms with Crippen molar-refractivity contribution in [3.8, 4) is 11.6 Å². The highest BCUT2D eigenvalue weighted by molar-refractivity contribution is 5.92.